The molecule has 0 aliphatic heterocycles. The molecule has 0 aliphatic rings. The Labute approximate surface area is 101 Å². The molecule has 2 unspecified atom stereocenters. The van der Waals surface area contributed by atoms with E-state index in [9.17, 15) is 9.32 Å². The molecule has 0 saturated heterocycles. The van der Waals surface area contributed by atoms with Crippen LogP contribution in [-0.4, -0.2) is 27.7 Å². The highest BCUT2D eigenvalue weighted by atomic mass is 35.5. The Hall–Kier alpha value is -0.130. The zero-order chi connectivity index (χ0) is 11.4. The number of aliphatic hydroxyl groups is 1. The highest BCUT2D eigenvalue weighted by Crippen LogP contribution is 2.27. The lowest BCUT2D eigenvalue weighted by molar-refractivity contribution is 0.207. The number of hydrogen-bond acceptors (Lipinski definition) is 3. The molecule has 0 aromatic heterocycles. The first-order valence-electron chi connectivity index (χ1n) is 4.26. The maximum Gasteiger partial charge on any atom is 0.0781 e. The highest BCUT2D eigenvalue weighted by molar-refractivity contribution is 7.85. The first-order chi connectivity index (χ1) is 7.06. The van der Waals surface area contributed by atoms with Crippen molar-refractivity contribution in [2.24, 2.45) is 5.73 Å². The van der Waals surface area contributed by atoms with Gasteiger partial charge >= 0.3 is 0 Å². The predicted octanol–water partition coefficient (Wildman–Crippen LogP) is 1.42. The van der Waals surface area contributed by atoms with Crippen LogP contribution in [0.1, 0.15) is 0 Å². The summed E-state index contributed by atoms with van der Waals surface area (Å²) in [4.78, 5) is 0.355. The molecular formula is C9H11Cl2NO2S. The van der Waals surface area contributed by atoms with E-state index in [1.807, 2.05) is 0 Å². The van der Waals surface area contributed by atoms with Gasteiger partial charge in [-0.2, -0.15) is 0 Å². The van der Waals surface area contributed by atoms with E-state index in [-0.39, 0.29) is 12.3 Å². The third kappa shape index (κ3) is 3.43. The van der Waals surface area contributed by atoms with Gasteiger partial charge in [-0.05, 0) is 12.1 Å². The van der Waals surface area contributed by atoms with Crippen molar-refractivity contribution in [3.63, 3.8) is 0 Å². The Morgan fingerprint density at radius 2 is 1.93 bits per heavy atom. The fourth-order valence-electron chi connectivity index (χ4n) is 1.03. The standard InChI is InChI=1S/C9H11Cl2NO2S/c10-7-2-1-3-8(11)9(7)15(14)5-6(13)4-12/h1-3,6,13H,4-5,12H2. The van der Waals surface area contributed by atoms with Gasteiger partial charge in [0.25, 0.3) is 0 Å². The van der Waals surface area contributed by atoms with Crippen molar-refractivity contribution in [3.8, 4) is 0 Å². The monoisotopic (exact) mass is 267 g/mol. The second kappa shape index (κ2) is 5.82. The average Bonchev–Trinajstić information content (AvgIpc) is 2.17. The summed E-state index contributed by atoms with van der Waals surface area (Å²) in [5.74, 6) is 0.0416. The molecule has 0 spiro atoms. The molecule has 0 fully saturated rings. The zero-order valence-electron chi connectivity index (χ0n) is 7.82. The third-order valence-electron chi connectivity index (χ3n) is 1.76. The summed E-state index contributed by atoms with van der Waals surface area (Å²) in [6.07, 6.45) is -0.807. The summed E-state index contributed by atoms with van der Waals surface area (Å²) in [5, 5.41) is 9.94. The van der Waals surface area contributed by atoms with Gasteiger partial charge in [-0.3, -0.25) is 4.21 Å². The minimum atomic E-state index is -1.43. The lowest BCUT2D eigenvalue weighted by Gasteiger charge is -2.09. The van der Waals surface area contributed by atoms with Crippen LogP contribution in [0.15, 0.2) is 23.1 Å². The molecule has 84 valence electrons. The van der Waals surface area contributed by atoms with E-state index in [0.717, 1.165) is 0 Å². The van der Waals surface area contributed by atoms with E-state index in [0.29, 0.717) is 14.9 Å². The molecule has 6 heteroatoms. The second-order valence-corrected chi connectivity index (χ2v) is 5.20. The first kappa shape index (κ1) is 12.9. The van der Waals surface area contributed by atoms with Crippen LogP contribution in [-0.2, 0) is 10.8 Å². The molecule has 3 N–H and O–H groups in total. The number of nitrogens with two attached hydrogens (primary N) is 1. The van der Waals surface area contributed by atoms with Gasteiger partial charge in [0.1, 0.15) is 0 Å². The number of aliphatic hydroxyl groups excluding tert-OH is 1. The van der Waals surface area contributed by atoms with Crippen molar-refractivity contribution in [1.82, 2.24) is 0 Å². The van der Waals surface area contributed by atoms with Gasteiger partial charge < -0.3 is 10.8 Å². The van der Waals surface area contributed by atoms with Gasteiger partial charge in [0.2, 0.25) is 0 Å². The lowest BCUT2D eigenvalue weighted by atomic mass is 10.4. The smallest absolute Gasteiger partial charge is 0.0781 e. The van der Waals surface area contributed by atoms with Crippen LogP contribution < -0.4 is 5.73 Å². The Bertz CT molecular complexity index is 353. The summed E-state index contributed by atoms with van der Waals surface area (Å²) in [7, 11) is -1.43. The van der Waals surface area contributed by atoms with Crippen LogP contribution in [0.4, 0.5) is 0 Å². The number of halogens is 2. The minimum absolute atomic E-state index is 0.0416. The van der Waals surface area contributed by atoms with Crippen LogP contribution in [0.3, 0.4) is 0 Å². The maximum atomic E-state index is 11.8. The molecule has 0 aliphatic carbocycles. The van der Waals surface area contributed by atoms with Crippen molar-refractivity contribution in [2.45, 2.75) is 11.0 Å². The number of hydrogen-bond donors (Lipinski definition) is 2. The summed E-state index contributed by atoms with van der Waals surface area (Å²) >= 11 is 11.7. The Balaban J connectivity index is 2.91. The zero-order valence-corrected chi connectivity index (χ0v) is 10.1. The summed E-state index contributed by atoms with van der Waals surface area (Å²) in [6.45, 7) is 0.0633. The molecule has 0 amide bonds. The van der Waals surface area contributed by atoms with E-state index in [4.69, 9.17) is 28.9 Å². The summed E-state index contributed by atoms with van der Waals surface area (Å²) < 4.78 is 11.8. The molecule has 0 saturated carbocycles. The van der Waals surface area contributed by atoms with Gasteiger partial charge in [-0.15, -0.1) is 0 Å². The molecule has 0 heterocycles. The van der Waals surface area contributed by atoms with E-state index in [1.165, 1.54) is 0 Å². The Morgan fingerprint density at radius 1 is 1.40 bits per heavy atom. The van der Waals surface area contributed by atoms with Crippen molar-refractivity contribution >= 4 is 34.0 Å². The average molecular weight is 268 g/mol. The Morgan fingerprint density at radius 3 is 2.40 bits per heavy atom. The molecule has 0 bridgehead atoms. The Kier molecular flexibility index (Phi) is 5.02. The van der Waals surface area contributed by atoms with Crippen LogP contribution in [0.2, 0.25) is 10.0 Å². The normalized spacial score (nSPS) is 14.9. The molecule has 1 aromatic rings. The van der Waals surface area contributed by atoms with Gasteiger partial charge in [-0.1, -0.05) is 29.3 Å². The van der Waals surface area contributed by atoms with Crippen molar-refractivity contribution in [3.05, 3.63) is 28.2 Å². The van der Waals surface area contributed by atoms with E-state index in [2.05, 4.69) is 0 Å². The van der Waals surface area contributed by atoms with Gasteiger partial charge in [0, 0.05) is 6.54 Å². The topological polar surface area (TPSA) is 63.3 Å². The van der Waals surface area contributed by atoms with Crippen molar-refractivity contribution in [1.29, 1.82) is 0 Å². The van der Waals surface area contributed by atoms with Crippen LogP contribution in [0.5, 0.6) is 0 Å². The van der Waals surface area contributed by atoms with Crippen LogP contribution in [0.25, 0.3) is 0 Å². The first-order valence-corrected chi connectivity index (χ1v) is 6.34. The SMILES string of the molecule is NCC(O)CS(=O)c1c(Cl)cccc1Cl. The number of benzene rings is 1. The molecular weight excluding hydrogens is 257 g/mol. The molecule has 0 radical (unpaired) electrons. The summed E-state index contributed by atoms with van der Waals surface area (Å²) in [5.41, 5.74) is 5.22. The maximum absolute atomic E-state index is 11.8. The fraction of sp³-hybridized carbons (Fsp3) is 0.333. The van der Waals surface area contributed by atoms with Crippen LogP contribution >= 0.6 is 23.2 Å². The van der Waals surface area contributed by atoms with Gasteiger partial charge in [-0.25, -0.2) is 0 Å². The quantitative estimate of drug-likeness (QED) is 0.868. The summed E-state index contributed by atoms with van der Waals surface area (Å²) in [6, 6.07) is 4.88. The minimum Gasteiger partial charge on any atom is -0.391 e. The molecule has 2 atom stereocenters. The lowest BCUT2D eigenvalue weighted by Crippen LogP contribution is -2.26. The van der Waals surface area contributed by atoms with Crippen molar-refractivity contribution < 1.29 is 9.32 Å². The number of rotatable bonds is 4. The van der Waals surface area contributed by atoms with Crippen molar-refractivity contribution in [2.75, 3.05) is 12.3 Å². The third-order valence-corrected chi connectivity index (χ3v) is 4.20. The fourth-order valence-corrected chi connectivity index (χ4v) is 3.16. The van der Waals surface area contributed by atoms with E-state index < -0.39 is 16.9 Å². The molecule has 1 aromatic carbocycles. The van der Waals surface area contributed by atoms with Gasteiger partial charge in [0.05, 0.1) is 37.6 Å². The molecule has 3 nitrogen and oxygen atoms in total. The van der Waals surface area contributed by atoms with Crippen LogP contribution in [0, 0.1) is 0 Å². The second-order valence-electron chi connectivity index (χ2n) is 2.95. The largest absolute Gasteiger partial charge is 0.391 e. The van der Waals surface area contributed by atoms with Gasteiger partial charge in [0.15, 0.2) is 0 Å². The van der Waals surface area contributed by atoms with E-state index in [1.54, 1.807) is 18.2 Å². The highest BCUT2D eigenvalue weighted by Gasteiger charge is 2.15. The molecule has 1 rings (SSSR count). The predicted molar refractivity (Wildman–Crippen MR) is 62.8 cm³/mol. The van der Waals surface area contributed by atoms with E-state index >= 15 is 0 Å². The molecule has 15 heavy (non-hydrogen) atoms.